The molecule has 0 aliphatic rings. The molecule has 2 aromatic heterocycles. The molecule has 1 unspecified atom stereocenters. The fraction of sp³-hybridized carbons (Fsp3) is 0.400. The summed E-state index contributed by atoms with van der Waals surface area (Å²) in [6.07, 6.45) is 1.02. The van der Waals surface area contributed by atoms with E-state index < -0.39 is 0 Å². The Bertz CT molecular complexity index is 486. The smallest absolute Gasteiger partial charge is 0.157 e. The molecule has 3 nitrogen and oxygen atoms in total. The predicted octanol–water partition coefficient (Wildman–Crippen LogP) is 4.46. The van der Waals surface area contributed by atoms with Crippen molar-refractivity contribution in [1.82, 2.24) is 15.5 Å². The zero-order valence-corrected chi connectivity index (χ0v) is 14.1. The molecule has 0 bridgehead atoms. The second-order valence-corrected chi connectivity index (χ2v) is 7.66. The molecule has 0 aromatic carbocycles. The van der Waals surface area contributed by atoms with Crippen LogP contribution in [0.1, 0.15) is 24.4 Å². The summed E-state index contributed by atoms with van der Waals surface area (Å²) in [5.41, 5.74) is 0. The Hall–Kier alpha value is 0.180. The van der Waals surface area contributed by atoms with Crippen molar-refractivity contribution in [2.75, 3.05) is 7.05 Å². The quantitative estimate of drug-likeness (QED) is 0.828. The van der Waals surface area contributed by atoms with E-state index in [1.807, 2.05) is 7.05 Å². The first kappa shape index (κ1) is 13.6. The van der Waals surface area contributed by atoms with Crippen LogP contribution < -0.4 is 5.32 Å². The molecule has 1 N–H and O–H groups in total. The van der Waals surface area contributed by atoms with Gasteiger partial charge in [0.05, 0.1) is 14.7 Å². The van der Waals surface area contributed by atoms with Crippen LogP contribution in [0.3, 0.4) is 0 Å². The van der Waals surface area contributed by atoms with Gasteiger partial charge in [0.1, 0.15) is 5.01 Å². The summed E-state index contributed by atoms with van der Waals surface area (Å²) < 4.78 is 2.15. The van der Waals surface area contributed by atoms with Gasteiger partial charge in [-0.15, -0.1) is 21.5 Å². The van der Waals surface area contributed by atoms with E-state index >= 15 is 0 Å². The van der Waals surface area contributed by atoms with Crippen molar-refractivity contribution in [2.45, 2.75) is 19.4 Å². The van der Waals surface area contributed by atoms with Gasteiger partial charge in [0, 0.05) is 4.47 Å². The van der Waals surface area contributed by atoms with E-state index in [2.05, 4.69) is 60.4 Å². The molecule has 0 aliphatic heterocycles. The van der Waals surface area contributed by atoms with E-state index in [0.717, 1.165) is 29.6 Å². The largest absolute Gasteiger partial charge is 0.311 e. The molecule has 0 amide bonds. The van der Waals surface area contributed by atoms with E-state index in [-0.39, 0.29) is 0 Å². The number of nitrogens with one attached hydrogen (secondary N) is 1. The van der Waals surface area contributed by atoms with Gasteiger partial charge in [0.2, 0.25) is 0 Å². The fourth-order valence-electron chi connectivity index (χ4n) is 1.43. The molecule has 0 fully saturated rings. The van der Waals surface area contributed by atoms with Gasteiger partial charge in [-0.25, -0.2) is 0 Å². The van der Waals surface area contributed by atoms with E-state index in [0.29, 0.717) is 6.04 Å². The van der Waals surface area contributed by atoms with Crippen LogP contribution in [-0.4, -0.2) is 17.2 Å². The summed E-state index contributed by atoms with van der Waals surface area (Å²) in [5, 5.41) is 13.8. The van der Waals surface area contributed by atoms with Gasteiger partial charge in [-0.1, -0.05) is 18.3 Å². The third-order valence-electron chi connectivity index (χ3n) is 2.35. The van der Waals surface area contributed by atoms with Crippen LogP contribution in [0, 0.1) is 0 Å². The van der Waals surface area contributed by atoms with Crippen LogP contribution in [-0.2, 0) is 0 Å². The average molecular weight is 397 g/mol. The third-order valence-corrected chi connectivity index (χ3v) is 6.81. The molecule has 0 radical (unpaired) electrons. The number of thiophene rings is 1. The Morgan fingerprint density at radius 1 is 1.35 bits per heavy atom. The molecule has 0 saturated heterocycles. The molecule has 7 heteroatoms. The lowest BCUT2D eigenvalue weighted by Crippen LogP contribution is -2.14. The number of nitrogens with zero attached hydrogens (tertiary/aromatic N) is 2. The van der Waals surface area contributed by atoms with E-state index in [1.54, 1.807) is 22.7 Å². The van der Waals surface area contributed by atoms with Crippen LogP contribution in [0.15, 0.2) is 14.3 Å². The molecule has 2 aromatic rings. The van der Waals surface area contributed by atoms with Crippen molar-refractivity contribution >= 4 is 54.5 Å². The van der Waals surface area contributed by atoms with Crippen molar-refractivity contribution in [3.05, 3.63) is 19.3 Å². The highest BCUT2D eigenvalue weighted by molar-refractivity contribution is 9.13. The Morgan fingerprint density at radius 2 is 2.12 bits per heavy atom. The van der Waals surface area contributed by atoms with Gasteiger partial charge >= 0.3 is 0 Å². The van der Waals surface area contributed by atoms with E-state index in [1.165, 1.54) is 0 Å². The highest BCUT2D eigenvalue weighted by Crippen LogP contribution is 2.39. The maximum absolute atomic E-state index is 4.26. The maximum Gasteiger partial charge on any atom is 0.157 e. The van der Waals surface area contributed by atoms with Crippen molar-refractivity contribution in [3.8, 4) is 9.88 Å². The maximum atomic E-state index is 4.26. The zero-order valence-electron chi connectivity index (χ0n) is 9.33. The second-order valence-electron chi connectivity index (χ2n) is 3.43. The normalized spacial score (nSPS) is 12.9. The molecular weight excluding hydrogens is 386 g/mol. The van der Waals surface area contributed by atoms with Crippen LogP contribution in [0.25, 0.3) is 9.88 Å². The highest BCUT2D eigenvalue weighted by atomic mass is 79.9. The standard InChI is InChI=1S/C10H11Br2N3S2/c1-3-6(13-2)9-14-15-10(17-9)7-4-5(11)8(12)16-7/h4,6,13H,3H2,1-2H3. The minimum absolute atomic E-state index is 0.299. The van der Waals surface area contributed by atoms with Gasteiger partial charge in [-0.3, -0.25) is 0 Å². The van der Waals surface area contributed by atoms with Crippen molar-refractivity contribution in [3.63, 3.8) is 0 Å². The Kier molecular flexibility index (Phi) is 4.71. The monoisotopic (exact) mass is 395 g/mol. The van der Waals surface area contributed by atoms with Crippen molar-refractivity contribution < 1.29 is 0 Å². The Morgan fingerprint density at radius 3 is 2.65 bits per heavy atom. The molecule has 1 atom stereocenters. The SMILES string of the molecule is CCC(NC)c1nnc(-c2cc(Br)c(Br)s2)s1. The van der Waals surface area contributed by atoms with Crippen molar-refractivity contribution in [2.24, 2.45) is 0 Å². The molecule has 17 heavy (non-hydrogen) atoms. The minimum Gasteiger partial charge on any atom is -0.311 e. The summed E-state index contributed by atoms with van der Waals surface area (Å²) in [7, 11) is 1.95. The van der Waals surface area contributed by atoms with E-state index in [9.17, 15) is 0 Å². The molecule has 2 rings (SSSR count). The van der Waals surface area contributed by atoms with Crippen LogP contribution in [0.2, 0.25) is 0 Å². The minimum atomic E-state index is 0.299. The van der Waals surface area contributed by atoms with Gasteiger partial charge < -0.3 is 5.32 Å². The Balaban J connectivity index is 2.29. The lowest BCUT2D eigenvalue weighted by Gasteiger charge is -2.07. The van der Waals surface area contributed by atoms with Crippen molar-refractivity contribution in [1.29, 1.82) is 0 Å². The zero-order chi connectivity index (χ0) is 12.4. The number of aromatic nitrogens is 2. The van der Waals surface area contributed by atoms with Gasteiger partial charge in [-0.2, -0.15) is 0 Å². The summed E-state index contributed by atoms with van der Waals surface area (Å²) in [5.74, 6) is 0. The highest BCUT2D eigenvalue weighted by Gasteiger charge is 2.15. The average Bonchev–Trinajstić information content (AvgIpc) is 2.89. The number of hydrogen-bond acceptors (Lipinski definition) is 5. The molecule has 0 saturated carbocycles. The van der Waals surface area contributed by atoms with Gasteiger partial charge in [-0.05, 0) is 51.4 Å². The topological polar surface area (TPSA) is 37.8 Å². The number of hydrogen-bond donors (Lipinski definition) is 1. The van der Waals surface area contributed by atoms with Gasteiger partial charge in [0.25, 0.3) is 0 Å². The molecule has 0 spiro atoms. The second kappa shape index (κ2) is 5.88. The summed E-state index contributed by atoms with van der Waals surface area (Å²) in [6, 6.07) is 2.37. The lowest BCUT2D eigenvalue weighted by molar-refractivity contribution is 0.568. The lowest BCUT2D eigenvalue weighted by atomic mass is 10.2. The van der Waals surface area contributed by atoms with Crippen LogP contribution in [0.5, 0.6) is 0 Å². The first-order valence-corrected chi connectivity index (χ1v) is 8.33. The summed E-state index contributed by atoms with van der Waals surface area (Å²) in [4.78, 5) is 1.14. The first-order valence-electron chi connectivity index (χ1n) is 5.11. The summed E-state index contributed by atoms with van der Waals surface area (Å²) >= 11 is 10.3. The molecule has 0 aliphatic carbocycles. The third kappa shape index (κ3) is 2.96. The number of rotatable bonds is 4. The fourth-order valence-corrected chi connectivity index (χ4v) is 4.54. The van der Waals surface area contributed by atoms with E-state index in [4.69, 9.17) is 0 Å². The molecule has 2 heterocycles. The predicted molar refractivity (Wildman–Crippen MR) is 80.7 cm³/mol. The van der Waals surface area contributed by atoms with Crippen LogP contribution >= 0.6 is 54.5 Å². The van der Waals surface area contributed by atoms with Crippen LogP contribution in [0.4, 0.5) is 0 Å². The number of halogens is 2. The Labute approximate surface area is 125 Å². The van der Waals surface area contributed by atoms with Gasteiger partial charge in [0.15, 0.2) is 5.01 Å². The molecular formula is C10H11Br2N3S2. The first-order chi connectivity index (χ1) is 8.15. The molecule has 92 valence electrons. The summed E-state index contributed by atoms with van der Waals surface area (Å²) in [6.45, 7) is 2.14.